The van der Waals surface area contributed by atoms with E-state index in [9.17, 15) is 22.2 Å². The predicted molar refractivity (Wildman–Crippen MR) is 45.3 cm³/mol. The van der Waals surface area contributed by atoms with Gasteiger partial charge in [0.05, 0.1) is 0 Å². The molecule has 0 saturated heterocycles. The lowest BCUT2D eigenvalue weighted by Gasteiger charge is -2.15. The van der Waals surface area contributed by atoms with Gasteiger partial charge in [-0.15, -0.1) is 0 Å². The van der Waals surface area contributed by atoms with Gasteiger partial charge in [0, 0.05) is 22.3 Å². The summed E-state index contributed by atoms with van der Waals surface area (Å²) in [5, 5.41) is 8.27. The van der Waals surface area contributed by atoms with E-state index in [2.05, 4.69) is 0 Å². The molecule has 3 nitrogen and oxygen atoms in total. The molecule has 0 rings (SSSR count). The van der Waals surface area contributed by atoms with Crippen LogP contribution in [0.3, 0.4) is 0 Å². The van der Waals surface area contributed by atoms with Crippen LogP contribution < -0.4 is 0 Å². The van der Waals surface area contributed by atoms with E-state index in [-0.39, 0.29) is 5.75 Å². The Labute approximate surface area is 81.8 Å². The maximum Gasteiger partial charge on any atom is 0.403 e. The van der Waals surface area contributed by atoms with Gasteiger partial charge in [-0.05, 0) is 6.42 Å². The molecule has 0 aromatic heterocycles. The maximum absolute atomic E-state index is 12.1. The molecule has 0 radical (unpaired) electrons. The molecule has 0 amide bonds. The average Bonchev–Trinajstić information content (AvgIpc) is 1.98. The molecule has 0 aliphatic rings. The summed E-state index contributed by atoms with van der Waals surface area (Å²) in [6.07, 6.45) is -4.36. The van der Waals surface area contributed by atoms with Gasteiger partial charge >= 0.3 is 12.1 Å². The van der Waals surface area contributed by atoms with Crippen LogP contribution in [0.25, 0.3) is 0 Å². The van der Waals surface area contributed by atoms with Crippen molar-refractivity contribution in [3.05, 3.63) is 0 Å². The molecular formula is C7H11F3O3S. The van der Waals surface area contributed by atoms with Gasteiger partial charge in [-0.25, -0.2) is 0 Å². The van der Waals surface area contributed by atoms with E-state index in [1.165, 1.54) is 0 Å². The van der Waals surface area contributed by atoms with Crippen molar-refractivity contribution in [2.45, 2.75) is 19.5 Å². The van der Waals surface area contributed by atoms with Gasteiger partial charge in [-0.1, -0.05) is 6.92 Å². The molecule has 0 aliphatic carbocycles. The lowest BCUT2D eigenvalue weighted by atomic mass is 10.2. The number of carboxylic acids is 1. The number of carboxylic acid groups (broad SMARTS) is 1. The van der Waals surface area contributed by atoms with Crippen LogP contribution in [0.15, 0.2) is 0 Å². The van der Waals surface area contributed by atoms with Crippen molar-refractivity contribution >= 4 is 16.8 Å². The minimum atomic E-state index is -4.82. The lowest BCUT2D eigenvalue weighted by Crippen LogP contribution is -2.35. The Morgan fingerprint density at radius 2 is 2.00 bits per heavy atom. The molecule has 0 aliphatic heterocycles. The zero-order valence-corrected chi connectivity index (χ0v) is 8.32. The van der Waals surface area contributed by atoms with E-state index in [1.807, 2.05) is 0 Å². The number of hydrogen-bond donors (Lipinski definition) is 1. The van der Waals surface area contributed by atoms with Crippen molar-refractivity contribution in [1.82, 2.24) is 0 Å². The van der Waals surface area contributed by atoms with Crippen LogP contribution in [0.4, 0.5) is 13.2 Å². The minimum absolute atomic E-state index is 0.0971. The molecule has 0 aromatic carbocycles. The molecule has 1 N–H and O–H groups in total. The molecule has 0 saturated carbocycles. The van der Waals surface area contributed by atoms with Crippen molar-refractivity contribution < 1.29 is 27.3 Å². The second-order valence-electron chi connectivity index (χ2n) is 2.74. The monoisotopic (exact) mass is 232 g/mol. The summed E-state index contributed by atoms with van der Waals surface area (Å²) in [5.74, 6) is -5.25. The quantitative estimate of drug-likeness (QED) is 0.779. The molecule has 2 atom stereocenters. The Hall–Kier alpha value is -0.590. The van der Waals surface area contributed by atoms with Gasteiger partial charge in [0.15, 0.2) is 5.92 Å². The Morgan fingerprint density at radius 1 is 1.50 bits per heavy atom. The highest BCUT2D eigenvalue weighted by Gasteiger charge is 2.45. The fraction of sp³-hybridized carbons (Fsp3) is 0.857. The van der Waals surface area contributed by atoms with E-state index in [0.29, 0.717) is 6.42 Å². The average molecular weight is 232 g/mol. The third-order valence-electron chi connectivity index (χ3n) is 1.48. The summed E-state index contributed by atoms with van der Waals surface area (Å²) in [6.45, 7) is 1.67. The second kappa shape index (κ2) is 5.33. The summed E-state index contributed by atoms with van der Waals surface area (Å²) >= 11 is 0. The summed E-state index contributed by atoms with van der Waals surface area (Å²) in [4.78, 5) is 10.2. The fourth-order valence-electron chi connectivity index (χ4n) is 0.803. The first-order valence-corrected chi connectivity index (χ1v) is 5.42. The lowest BCUT2D eigenvalue weighted by molar-refractivity contribution is -0.188. The first-order valence-electron chi connectivity index (χ1n) is 3.93. The zero-order chi connectivity index (χ0) is 11.4. The van der Waals surface area contributed by atoms with Crippen LogP contribution in [0.5, 0.6) is 0 Å². The van der Waals surface area contributed by atoms with Crippen LogP contribution in [0.1, 0.15) is 13.3 Å². The number of rotatable bonds is 5. The summed E-state index contributed by atoms with van der Waals surface area (Å²) < 4.78 is 47.1. The molecule has 84 valence electrons. The topological polar surface area (TPSA) is 54.4 Å². The van der Waals surface area contributed by atoms with Gasteiger partial charge < -0.3 is 5.11 Å². The molecule has 0 spiro atoms. The first-order chi connectivity index (χ1) is 6.29. The van der Waals surface area contributed by atoms with Crippen molar-refractivity contribution in [2.75, 3.05) is 11.5 Å². The van der Waals surface area contributed by atoms with E-state index in [0.717, 1.165) is 0 Å². The molecule has 0 heterocycles. The smallest absolute Gasteiger partial charge is 0.403 e. The van der Waals surface area contributed by atoms with Gasteiger partial charge in [0.1, 0.15) is 0 Å². The highest BCUT2D eigenvalue weighted by Crippen LogP contribution is 2.27. The third-order valence-corrected chi connectivity index (χ3v) is 3.05. The standard InChI is InChI=1S/C7H11F3O3S/c1-2-3-14(13)4-5(6(11)12)7(8,9)10/h5H,2-4H2,1H3,(H,11,12). The van der Waals surface area contributed by atoms with Crippen LogP contribution in [0, 0.1) is 5.92 Å². The van der Waals surface area contributed by atoms with Crippen molar-refractivity contribution in [1.29, 1.82) is 0 Å². The van der Waals surface area contributed by atoms with Crippen LogP contribution in [-0.2, 0) is 15.6 Å². The van der Waals surface area contributed by atoms with E-state index >= 15 is 0 Å². The van der Waals surface area contributed by atoms with Crippen molar-refractivity contribution in [3.8, 4) is 0 Å². The SMILES string of the molecule is CCCS(=O)CC(C(=O)O)C(F)(F)F. The Morgan fingerprint density at radius 3 is 2.29 bits per heavy atom. The number of aliphatic carboxylic acids is 1. The normalized spacial score (nSPS) is 16.3. The van der Waals surface area contributed by atoms with E-state index < -0.39 is 34.6 Å². The number of halogens is 3. The number of alkyl halides is 3. The van der Waals surface area contributed by atoms with Crippen LogP contribution in [0.2, 0.25) is 0 Å². The minimum Gasteiger partial charge on any atom is -0.481 e. The third kappa shape index (κ3) is 4.59. The first kappa shape index (κ1) is 13.4. The van der Waals surface area contributed by atoms with E-state index in [1.54, 1.807) is 6.92 Å². The zero-order valence-electron chi connectivity index (χ0n) is 7.50. The van der Waals surface area contributed by atoms with Crippen LogP contribution in [-0.4, -0.2) is 33.0 Å². The molecule has 2 unspecified atom stereocenters. The highest BCUT2D eigenvalue weighted by atomic mass is 32.2. The molecule has 0 bridgehead atoms. The predicted octanol–water partition coefficient (Wildman–Crippen LogP) is 1.41. The maximum atomic E-state index is 12.1. The summed E-state index contributed by atoms with van der Waals surface area (Å²) in [6, 6.07) is 0. The highest BCUT2D eigenvalue weighted by molar-refractivity contribution is 7.85. The second-order valence-corrected chi connectivity index (χ2v) is 4.36. The largest absolute Gasteiger partial charge is 0.481 e. The summed E-state index contributed by atoms with van der Waals surface area (Å²) in [5.41, 5.74) is 0. The van der Waals surface area contributed by atoms with E-state index in [4.69, 9.17) is 5.11 Å². The molecule has 0 fully saturated rings. The Kier molecular flexibility index (Phi) is 5.11. The van der Waals surface area contributed by atoms with Gasteiger partial charge in [0.25, 0.3) is 0 Å². The van der Waals surface area contributed by atoms with Gasteiger partial charge in [-0.3, -0.25) is 9.00 Å². The number of carbonyl (C=O) groups is 1. The van der Waals surface area contributed by atoms with Crippen LogP contribution >= 0.6 is 0 Å². The molecule has 0 aromatic rings. The molecule has 7 heteroatoms. The summed E-state index contributed by atoms with van der Waals surface area (Å²) in [7, 11) is -1.72. The molecular weight excluding hydrogens is 221 g/mol. The number of hydrogen-bond acceptors (Lipinski definition) is 2. The Bertz CT molecular complexity index is 227. The van der Waals surface area contributed by atoms with Crippen molar-refractivity contribution in [3.63, 3.8) is 0 Å². The van der Waals surface area contributed by atoms with Gasteiger partial charge in [0.2, 0.25) is 0 Å². The van der Waals surface area contributed by atoms with Gasteiger partial charge in [-0.2, -0.15) is 13.2 Å². The van der Waals surface area contributed by atoms with Crippen molar-refractivity contribution in [2.24, 2.45) is 5.92 Å². The fourth-order valence-corrected chi connectivity index (χ4v) is 2.13. The Balaban J connectivity index is 4.40. The molecule has 14 heavy (non-hydrogen) atoms.